The highest BCUT2D eigenvalue weighted by molar-refractivity contribution is 6.30. The number of hydrogen-bond acceptors (Lipinski definition) is 7. The molecule has 0 bridgehead atoms. The topological polar surface area (TPSA) is 71.2 Å². The highest BCUT2D eigenvalue weighted by Gasteiger charge is 2.24. The molecule has 0 aliphatic carbocycles. The van der Waals surface area contributed by atoms with Crippen LogP contribution >= 0.6 is 11.6 Å². The lowest BCUT2D eigenvalue weighted by Crippen LogP contribution is -2.43. The lowest BCUT2D eigenvalue weighted by atomic mass is 10.0. The zero-order valence-electron chi connectivity index (χ0n) is 12.7. The molecule has 0 N–H and O–H groups in total. The average Bonchev–Trinajstić information content (AvgIpc) is 2.93. The van der Waals surface area contributed by atoms with E-state index in [0.717, 1.165) is 31.9 Å². The van der Waals surface area contributed by atoms with Crippen LogP contribution in [0.5, 0.6) is 0 Å². The number of anilines is 1. The molecule has 22 heavy (non-hydrogen) atoms. The van der Waals surface area contributed by atoms with Gasteiger partial charge in [-0.15, -0.1) is 10.2 Å². The molecule has 1 aliphatic rings. The van der Waals surface area contributed by atoms with Crippen molar-refractivity contribution in [2.24, 2.45) is 0 Å². The number of aryl methyl sites for hydroxylation is 1. The Morgan fingerprint density at radius 2 is 1.95 bits per heavy atom. The fraction of sp³-hybridized carbons (Fsp3) is 0.571. The van der Waals surface area contributed by atoms with Gasteiger partial charge in [0.15, 0.2) is 0 Å². The van der Waals surface area contributed by atoms with E-state index in [1.807, 2.05) is 14.0 Å². The number of hydrogen-bond donors (Lipinski definition) is 0. The van der Waals surface area contributed by atoms with Crippen molar-refractivity contribution in [2.45, 2.75) is 32.4 Å². The van der Waals surface area contributed by atoms with Gasteiger partial charge in [0.1, 0.15) is 0 Å². The zero-order chi connectivity index (χ0) is 15.5. The van der Waals surface area contributed by atoms with Crippen molar-refractivity contribution < 1.29 is 4.42 Å². The van der Waals surface area contributed by atoms with Crippen molar-refractivity contribution in [2.75, 3.05) is 25.0 Å². The van der Waals surface area contributed by atoms with Crippen LogP contribution in [0.3, 0.4) is 0 Å². The summed E-state index contributed by atoms with van der Waals surface area (Å²) in [7, 11) is 2.03. The quantitative estimate of drug-likeness (QED) is 0.851. The molecule has 1 aliphatic heterocycles. The first-order valence-corrected chi connectivity index (χ1v) is 7.71. The summed E-state index contributed by atoms with van der Waals surface area (Å²) in [5, 5.41) is 8.47. The van der Waals surface area contributed by atoms with Gasteiger partial charge in [0.25, 0.3) is 0 Å². The van der Waals surface area contributed by atoms with Gasteiger partial charge in [-0.25, -0.2) is 9.97 Å². The summed E-state index contributed by atoms with van der Waals surface area (Å²) in [6, 6.07) is 0.432. The van der Waals surface area contributed by atoms with E-state index in [2.05, 4.69) is 30.0 Å². The van der Waals surface area contributed by atoms with E-state index in [1.165, 1.54) is 0 Å². The van der Waals surface area contributed by atoms with Crippen LogP contribution in [0.1, 0.15) is 24.6 Å². The third-order valence-electron chi connectivity index (χ3n) is 3.95. The third kappa shape index (κ3) is 3.53. The predicted molar refractivity (Wildman–Crippen MR) is 82.8 cm³/mol. The molecule has 0 radical (unpaired) electrons. The molecule has 1 saturated heterocycles. The van der Waals surface area contributed by atoms with E-state index in [1.54, 1.807) is 12.4 Å². The van der Waals surface area contributed by atoms with E-state index in [9.17, 15) is 0 Å². The Morgan fingerprint density at radius 3 is 2.55 bits per heavy atom. The summed E-state index contributed by atoms with van der Waals surface area (Å²) >= 11 is 5.83. The molecule has 1 fully saturated rings. The molecule has 3 rings (SSSR count). The van der Waals surface area contributed by atoms with Crippen LogP contribution in [-0.4, -0.2) is 51.2 Å². The van der Waals surface area contributed by atoms with E-state index in [4.69, 9.17) is 16.0 Å². The summed E-state index contributed by atoms with van der Waals surface area (Å²) in [6.45, 7) is 4.51. The highest BCUT2D eigenvalue weighted by atomic mass is 35.5. The second-order valence-corrected chi connectivity index (χ2v) is 5.97. The molecule has 118 valence electrons. The molecule has 3 heterocycles. The Hall–Kier alpha value is -1.73. The van der Waals surface area contributed by atoms with Crippen LogP contribution < -0.4 is 4.90 Å². The number of aromatic nitrogens is 4. The zero-order valence-corrected chi connectivity index (χ0v) is 13.5. The maximum Gasteiger partial charge on any atom is 0.230 e. The fourth-order valence-corrected chi connectivity index (χ4v) is 2.81. The van der Waals surface area contributed by atoms with Crippen molar-refractivity contribution in [1.82, 2.24) is 25.1 Å². The van der Waals surface area contributed by atoms with Crippen LogP contribution in [-0.2, 0) is 6.54 Å². The van der Waals surface area contributed by atoms with Gasteiger partial charge < -0.3 is 9.32 Å². The molecular weight excluding hydrogens is 304 g/mol. The minimum Gasteiger partial charge on any atom is -0.424 e. The van der Waals surface area contributed by atoms with Gasteiger partial charge in [0, 0.05) is 33.1 Å². The molecule has 7 nitrogen and oxygen atoms in total. The lowest BCUT2D eigenvalue weighted by Gasteiger charge is -2.36. The smallest absolute Gasteiger partial charge is 0.230 e. The molecule has 0 atom stereocenters. The van der Waals surface area contributed by atoms with Crippen LogP contribution in [0, 0.1) is 6.92 Å². The van der Waals surface area contributed by atoms with Crippen molar-refractivity contribution in [3.05, 3.63) is 29.2 Å². The summed E-state index contributed by atoms with van der Waals surface area (Å²) in [4.78, 5) is 13.0. The summed E-state index contributed by atoms with van der Waals surface area (Å²) in [6.07, 6.45) is 5.37. The highest BCUT2D eigenvalue weighted by Crippen LogP contribution is 2.20. The Morgan fingerprint density at radius 1 is 1.27 bits per heavy atom. The maximum absolute atomic E-state index is 5.83. The van der Waals surface area contributed by atoms with Gasteiger partial charge >= 0.3 is 0 Å². The van der Waals surface area contributed by atoms with Gasteiger partial charge in [0.05, 0.1) is 24.0 Å². The molecule has 0 unspecified atom stereocenters. The number of halogens is 1. The summed E-state index contributed by atoms with van der Waals surface area (Å²) in [5.74, 6) is 2.02. The van der Waals surface area contributed by atoms with Gasteiger partial charge in [-0.2, -0.15) is 0 Å². The molecule has 0 spiro atoms. The summed E-state index contributed by atoms with van der Waals surface area (Å²) in [5.41, 5.74) is 0. The Bertz CT molecular complexity index is 608. The molecule has 2 aromatic heterocycles. The minimum absolute atomic E-state index is 0.432. The predicted octanol–water partition coefficient (Wildman–Crippen LogP) is 1.92. The van der Waals surface area contributed by atoms with Gasteiger partial charge in [-0.3, -0.25) is 4.90 Å². The molecule has 2 aromatic rings. The van der Waals surface area contributed by atoms with E-state index >= 15 is 0 Å². The standard InChI is InChI=1S/C14H19ClN6O/c1-10-18-19-13(22-10)9-21-5-3-12(4-6-21)20(2)14-16-7-11(15)8-17-14/h7-8,12H,3-6,9H2,1-2H3. The number of rotatable bonds is 4. The first kappa shape index (κ1) is 15.2. The van der Waals surface area contributed by atoms with Gasteiger partial charge in [-0.1, -0.05) is 11.6 Å². The molecule has 0 aromatic carbocycles. The molecule has 0 amide bonds. The lowest BCUT2D eigenvalue weighted by molar-refractivity contribution is 0.185. The second-order valence-electron chi connectivity index (χ2n) is 5.53. The summed E-state index contributed by atoms with van der Waals surface area (Å²) < 4.78 is 5.43. The molecule has 0 saturated carbocycles. The molecule has 8 heteroatoms. The van der Waals surface area contributed by atoms with Crippen LogP contribution in [0.4, 0.5) is 5.95 Å². The minimum atomic E-state index is 0.432. The van der Waals surface area contributed by atoms with Crippen molar-refractivity contribution in [1.29, 1.82) is 0 Å². The van der Waals surface area contributed by atoms with Crippen molar-refractivity contribution in [3.63, 3.8) is 0 Å². The van der Waals surface area contributed by atoms with E-state index < -0.39 is 0 Å². The van der Waals surface area contributed by atoms with Gasteiger partial charge in [0.2, 0.25) is 17.7 Å². The Labute approximate surface area is 134 Å². The normalized spacial score (nSPS) is 16.9. The third-order valence-corrected chi connectivity index (χ3v) is 4.15. The van der Waals surface area contributed by atoms with Crippen molar-refractivity contribution >= 4 is 17.5 Å². The first-order chi connectivity index (χ1) is 10.6. The molecular formula is C14H19ClN6O. The van der Waals surface area contributed by atoms with E-state index in [-0.39, 0.29) is 0 Å². The SMILES string of the molecule is Cc1nnc(CN2CCC(N(C)c3ncc(Cl)cn3)CC2)o1. The monoisotopic (exact) mass is 322 g/mol. The maximum atomic E-state index is 5.83. The second kappa shape index (κ2) is 6.58. The Kier molecular flexibility index (Phi) is 4.54. The van der Waals surface area contributed by atoms with E-state index in [0.29, 0.717) is 29.4 Å². The van der Waals surface area contributed by atoms with Gasteiger partial charge in [-0.05, 0) is 12.8 Å². The Balaban J connectivity index is 1.53. The largest absolute Gasteiger partial charge is 0.424 e. The first-order valence-electron chi connectivity index (χ1n) is 7.33. The van der Waals surface area contributed by atoms with Crippen LogP contribution in [0.2, 0.25) is 5.02 Å². The fourth-order valence-electron chi connectivity index (χ4n) is 2.71. The number of piperidine rings is 1. The van der Waals surface area contributed by atoms with Crippen LogP contribution in [0.25, 0.3) is 0 Å². The average molecular weight is 323 g/mol. The van der Waals surface area contributed by atoms with Crippen LogP contribution in [0.15, 0.2) is 16.8 Å². The number of nitrogens with zero attached hydrogens (tertiary/aromatic N) is 6. The number of likely N-dealkylation sites (tertiary alicyclic amines) is 1. The van der Waals surface area contributed by atoms with Crippen molar-refractivity contribution in [3.8, 4) is 0 Å².